The Kier molecular flexibility index (Phi) is 22.4. The molecule has 2 unspecified atom stereocenters. The van der Waals surface area contributed by atoms with Crippen LogP contribution in [-0.2, 0) is 39.9 Å². The molecule has 2 rings (SSSR count). The van der Waals surface area contributed by atoms with Crippen molar-refractivity contribution in [2.75, 3.05) is 0 Å². The third-order valence-electron chi connectivity index (χ3n) is 10.0. The van der Waals surface area contributed by atoms with E-state index in [0.717, 1.165) is 63.5 Å². The van der Waals surface area contributed by atoms with Crippen LogP contribution in [0.1, 0.15) is 76.6 Å². The van der Waals surface area contributed by atoms with Crippen LogP contribution in [0.5, 0.6) is 0 Å². The Balaban J connectivity index is 1.58. The first-order chi connectivity index (χ1) is 27.5. The van der Waals surface area contributed by atoms with Crippen LogP contribution >= 0.6 is 0 Å². The second-order valence-corrected chi connectivity index (χ2v) is 25.5. The number of aliphatic hydroxyl groups is 10. The Morgan fingerprint density at radius 3 is 1.24 bits per heavy atom. The van der Waals surface area contributed by atoms with E-state index >= 15 is 0 Å². The van der Waals surface area contributed by atoms with Crippen LogP contribution in [0.3, 0.4) is 0 Å². The normalized spacial score (nSPS) is 17.6. The minimum absolute atomic E-state index is 0.0626. The summed E-state index contributed by atoms with van der Waals surface area (Å²) < 4.78 is 10.2. The van der Waals surface area contributed by atoms with Gasteiger partial charge in [0.25, 0.3) is 11.8 Å². The molecule has 2 aromatic rings. The lowest BCUT2D eigenvalue weighted by Crippen LogP contribution is -2.52. The minimum atomic E-state index is -2.03. The standard InChI is InChI=1S/C36H70N8O13Si2/c1-23(45)27(47)29(49)31(51)33(53)35(55)37-19-25-21-43(41-39-25)15-11-7-9-13-17-58(3,4)57-59(5,6)18-14-10-8-12-16-44-22-26(40-42-44)20-38-36(56)34(54)32(52)30(50)28(48)24(2)46/h21-24,27-34,45-54H,7-20H2,1-6H3,(H,37,55)(H,38,56)/t23?,24?,27-,28-,29-,30-,31+,32+,33-,34-/m1/s1. The van der Waals surface area contributed by atoms with Crippen LogP contribution in [0, 0.1) is 0 Å². The van der Waals surface area contributed by atoms with Gasteiger partial charge in [-0.2, -0.15) is 0 Å². The fourth-order valence-electron chi connectivity index (χ4n) is 6.49. The molecule has 0 radical (unpaired) electrons. The number of aromatic nitrogens is 6. The molecular weight excluding hydrogens is 809 g/mol. The Morgan fingerprint density at radius 1 is 0.559 bits per heavy atom. The van der Waals surface area contributed by atoms with Gasteiger partial charge in [-0.1, -0.05) is 49.0 Å². The number of rotatable bonds is 30. The third kappa shape index (κ3) is 18.8. The zero-order valence-electron chi connectivity index (χ0n) is 35.2. The Hall–Kier alpha value is -2.79. The number of carbonyl (C=O) groups is 2. The molecule has 59 heavy (non-hydrogen) atoms. The quantitative estimate of drug-likeness (QED) is 0.0298. The molecule has 12 N–H and O–H groups in total. The number of nitrogens with zero attached hydrogens (tertiary/aromatic N) is 6. The van der Waals surface area contributed by atoms with Gasteiger partial charge >= 0.3 is 0 Å². The summed E-state index contributed by atoms with van der Waals surface area (Å²) >= 11 is 0. The Morgan fingerprint density at radius 2 is 0.898 bits per heavy atom. The number of hydrogen-bond acceptors (Lipinski definition) is 17. The highest BCUT2D eigenvalue weighted by Gasteiger charge is 2.37. The first-order valence-electron chi connectivity index (χ1n) is 20.4. The zero-order chi connectivity index (χ0) is 44.5. The molecule has 23 heteroatoms. The van der Waals surface area contributed by atoms with E-state index < -0.39 is 89.5 Å². The van der Waals surface area contributed by atoms with Crippen LogP contribution < -0.4 is 10.6 Å². The number of unbranched alkanes of at least 4 members (excludes halogenated alkanes) is 6. The number of carbonyl (C=O) groups excluding carboxylic acids is 2. The lowest BCUT2D eigenvalue weighted by molar-refractivity contribution is -0.153. The molecule has 21 nitrogen and oxygen atoms in total. The van der Waals surface area contributed by atoms with Crippen LogP contribution in [0.15, 0.2) is 12.4 Å². The molecular formula is C36H70N8O13Si2. The van der Waals surface area contributed by atoms with Gasteiger partial charge in [-0.3, -0.25) is 19.0 Å². The second kappa shape index (κ2) is 25.2. The molecule has 2 amide bonds. The molecule has 0 aliphatic heterocycles. The summed E-state index contributed by atoms with van der Waals surface area (Å²) in [6.07, 6.45) is -6.67. The maximum atomic E-state index is 12.2. The van der Waals surface area contributed by atoms with E-state index in [1.54, 1.807) is 21.8 Å². The van der Waals surface area contributed by atoms with E-state index in [4.69, 9.17) is 4.12 Å². The zero-order valence-corrected chi connectivity index (χ0v) is 37.2. The van der Waals surface area contributed by atoms with Gasteiger partial charge in [0.05, 0.1) is 37.7 Å². The minimum Gasteiger partial charge on any atom is -0.455 e. The van der Waals surface area contributed by atoms with Gasteiger partial charge < -0.3 is 65.8 Å². The van der Waals surface area contributed by atoms with Crippen molar-refractivity contribution in [2.45, 2.75) is 191 Å². The molecule has 0 aliphatic rings. The highest BCUT2D eigenvalue weighted by molar-refractivity contribution is 6.84. The molecule has 0 saturated carbocycles. The maximum Gasteiger partial charge on any atom is 0.251 e. The molecule has 0 spiro atoms. The summed E-state index contributed by atoms with van der Waals surface area (Å²) in [6.45, 7) is 12.7. The predicted octanol–water partition coefficient (Wildman–Crippen LogP) is -2.00. The molecule has 0 aliphatic carbocycles. The van der Waals surface area contributed by atoms with Crippen LogP contribution in [0.2, 0.25) is 38.3 Å². The Labute approximate surface area is 347 Å². The van der Waals surface area contributed by atoms with Gasteiger partial charge in [-0.25, -0.2) is 0 Å². The highest BCUT2D eigenvalue weighted by atomic mass is 28.4. The molecule has 0 aromatic carbocycles. The number of aryl methyl sites for hydroxylation is 2. The smallest absolute Gasteiger partial charge is 0.251 e. The highest BCUT2D eigenvalue weighted by Crippen LogP contribution is 2.26. The van der Waals surface area contributed by atoms with Crippen molar-refractivity contribution in [1.82, 2.24) is 40.6 Å². The van der Waals surface area contributed by atoms with E-state index in [1.165, 1.54) is 13.8 Å². The molecule has 0 bridgehead atoms. The SMILES string of the molecule is CC(O)[C@@H](O)[C@@H](O)[C@H](O)[C@@H](O)C(=O)NCc1cn(CCCCCC[Si](C)(C)O[Si](C)(C)CCCCCCn2cc(CNC(=O)[C@H](O)[C@@H](O)[C@H](O)[C@H](O)C(C)O)nn2)nn1. The Bertz CT molecular complexity index is 1410. The monoisotopic (exact) mass is 878 g/mol. The molecule has 2 aromatic heterocycles. The van der Waals surface area contributed by atoms with Crippen molar-refractivity contribution in [3.63, 3.8) is 0 Å². The molecule has 0 fully saturated rings. The van der Waals surface area contributed by atoms with Crippen molar-refractivity contribution < 1.29 is 64.8 Å². The fraction of sp³-hybridized carbons (Fsp3) is 0.833. The number of nitrogens with one attached hydrogen (secondary N) is 2. The lowest BCUT2D eigenvalue weighted by atomic mass is 9.99. The van der Waals surface area contributed by atoms with Crippen LogP contribution in [0.4, 0.5) is 0 Å². The van der Waals surface area contributed by atoms with Gasteiger partial charge in [0, 0.05) is 13.1 Å². The first kappa shape index (κ1) is 52.4. The predicted molar refractivity (Wildman–Crippen MR) is 218 cm³/mol. The van der Waals surface area contributed by atoms with E-state index in [2.05, 4.69) is 57.4 Å². The van der Waals surface area contributed by atoms with Crippen molar-refractivity contribution in [3.05, 3.63) is 23.8 Å². The van der Waals surface area contributed by atoms with Gasteiger partial charge in [-0.15, -0.1) is 10.2 Å². The topological polar surface area (TPSA) is 331 Å². The number of amides is 2. The van der Waals surface area contributed by atoms with E-state index in [9.17, 15) is 60.7 Å². The number of aliphatic hydroxyl groups excluding tert-OH is 10. The van der Waals surface area contributed by atoms with Gasteiger partial charge in [0.1, 0.15) is 48.0 Å². The summed E-state index contributed by atoms with van der Waals surface area (Å²) in [7, 11) is -3.68. The third-order valence-corrected chi connectivity index (χ3v) is 17.6. The van der Waals surface area contributed by atoms with Gasteiger partial charge in [-0.05, 0) is 65.0 Å². The average molecular weight is 879 g/mol. The van der Waals surface area contributed by atoms with Gasteiger partial charge in [0.2, 0.25) is 0 Å². The van der Waals surface area contributed by atoms with Crippen LogP contribution in [-0.4, -0.2) is 171 Å². The molecule has 10 atom stereocenters. The molecule has 0 saturated heterocycles. The second-order valence-electron chi connectivity index (χ2n) is 16.6. The van der Waals surface area contributed by atoms with Crippen molar-refractivity contribution in [1.29, 1.82) is 0 Å². The molecule has 2 heterocycles. The number of hydrogen-bond donors (Lipinski definition) is 12. The van der Waals surface area contributed by atoms with Crippen molar-refractivity contribution >= 4 is 28.4 Å². The fourth-order valence-corrected chi connectivity index (χ4v) is 15.5. The van der Waals surface area contributed by atoms with Crippen LogP contribution in [0.25, 0.3) is 0 Å². The summed E-state index contributed by atoms with van der Waals surface area (Å²) in [4.78, 5) is 24.4. The lowest BCUT2D eigenvalue weighted by Gasteiger charge is -2.34. The summed E-state index contributed by atoms with van der Waals surface area (Å²) in [5.74, 6) is -1.94. The summed E-state index contributed by atoms with van der Waals surface area (Å²) in [6, 6.07) is 2.16. The first-order valence-corrected chi connectivity index (χ1v) is 26.6. The van der Waals surface area contributed by atoms with Gasteiger partial charge in [0.15, 0.2) is 28.8 Å². The van der Waals surface area contributed by atoms with E-state index in [-0.39, 0.29) is 13.1 Å². The maximum absolute atomic E-state index is 12.2. The molecule has 340 valence electrons. The summed E-state index contributed by atoms with van der Waals surface area (Å²) in [5, 5.41) is 119. The van der Waals surface area contributed by atoms with Crippen molar-refractivity contribution in [2.24, 2.45) is 0 Å². The van der Waals surface area contributed by atoms with E-state index in [1.807, 2.05) is 0 Å². The van der Waals surface area contributed by atoms with E-state index in [0.29, 0.717) is 24.5 Å². The average Bonchev–Trinajstić information content (AvgIpc) is 3.84. The van der Waals surface area contributed by atoms with Crippen molar-refractivity contribution in [3.8, 4) is 0 Å². The largest absolute Gasteiger partial charge is 0.455 e. The summed E-state index contributed by atoms with van der Waals surface area (Å²) in [5.41, 5.74) is 0.890.